The minimum Gasteiger partial charge on any atom is -0.311 e. The number of hydrogen-bond donors (Lipinski definition) is 1. The summed E-state index contributed by atoms with van der Waals surface area (Å²) in [5.41, 5.74) is 2.38. The molecule has 0 saturated carbocycles. The molecule has 1 aliphatic heterocycles. The Morgan fingerprint density at radius 2 is 2.00 bits per heavy atom. The maximum absolute atomic E-state index is 12.6. The summed E-state index contributed by atoms with van der Waals surface area (Å²) < 4.78 is 0. The highest BCUT2D eigenvalue weighted by Crippen LogP contribution is 2.32. The van der Waals surface area contributed by atoms with E-state index in [0.717, 1.165) is 25.1 Å². The molecule has 2 unspecified atom stereocenters. The number of carbonyl (C=O) groups excluding carboxylic acids is 1. The maximum atomic E-state index is 12.6. The van der Waals surface area contributed by atoms with Crippen molar-refractivity contribution in [2.75, 3.05) is 11.4 Å². The molecular weight excluding hydrogens is 248 g/mol. The average Bonchev–Trinajstić information content (AvgIpc) is 2.78. The van der Waals surface area contributed by atoms with Crippen molar-refractivity contribution in [3.8, 4) is 0 Å². The number of hydrogen-bond acceptors (Lipinski definition) is 2. The van der Waals surface area contributed by atoms with Crippen LogP contribution in [-0.2, 0) is 4.79 Å². The summed E-state index contributed by atoms with van der Waals surface area (Å²) in [4.78, 5) is 14.5. The minimum atomic E-state index is -0.0278. The Kier molecular flexibility index (Phi) is 4.81. The van der Waals surface area contributed by atoms with Crippen molar-refractivity contribution in [1.29, 1.82) is 0 Å². The average molecular weight is 274 g/mol. The molecule has 20 heavy (non-hydrogen) atoms. The van der Waals surface area contributed by atoms with Crippen LogP contribution in [0.2, 0.25) is 0 Å². The van der Waals surface area contributed by atoms with Crippen LogP contribution in [0, 0.1) is 0 Å². The van der Waals surface area contributed by atoms with Gasteiger partial charge in [-0.25, -0.2) is 0 Å². The number of nitrogens with one attached hydrogen (secondary N) is 1. The molecule has 2 rings (SSSR count). The first-order chi connectivity index (χ1) is 9.54. The number of rotatable bonds is 5. The fraction of sp³-hybridized carbons (Fsp3) is 0.588. The van der Waals surface area contributed by atoms with E-state index in [9.17, 15) is 4.79 Å². The smallest absolute Gasteiger partial charge is 0.244 e. The van der Waals surface area contributed by atoms with Gasteiger partial charge in [-0.3, -0.25) is 4.79 Å². The summed E-state index contributed by atoms with van der Waals surface area (Å²) in [6.07, 6.45) is 1.98. The van der Waals surface area contributed by atoms with Crippen LogP contribution < -0.4 is 10.2 Å². The number of carbonyl (C=O) groups is 1. The first kappa shape index (κ1) is 15.0. The van der Waals surface area contributed by atoms with Crippen molar-refractivity contribution < 1.29 is 4.79 Å². The minimum absolute atomic E-state index is 0.0278. The van der Waals surface area contributed by atoms with Gasteiger partial charge in [0, 0.05) is 18.3 Å². The van der Waals surface area contributed by atoms with E-state index in [0.29, 0.717) is 12.0 Å². The molecule has 0 spiro atoms. The van der Waals surface area contributed by atoms with Crippen molar-refractivity contribution >= 4 is 11.6 Å². The molecule has 0 radical (unpaired) electrons. The predicted octanol–water partition coefficient (Wildman–Crippen LogP) is 3.30. The van der Waals surface area contributed by atoms with Gasteiger partial charge in [-0.05, 0) is 30.4 Å². The molecule has 1 amide bonds. The molecule has 2 atom stereocenters. The van der Waals surface area contributed by atoms with Crippen LogP contribution in [0.25, 0.3) is 0 Å². The van der Waals surface area contributed by atoms with Crippen LogP contribution in [0.5, 0.6) is 0 Å². The molecule has 1 N–H and O–H groups in total. The summed E-state index contributed by atoms with van der Waals surface area (Å²) in [5, 5.41) is 3.36. The Morgan fingerprint density at radius 3 is 2.65 bits per heavy atom. The summed E-state index contributed by atoms with van der Waals surface area (Å²) in [5.74, 6) is 0.700. The third-order valence-corrected chi connectivity index (χ3v) is 4.11. The summed E-state index contributed by atoms with van der Waals surface area (Å²) >= 11 is 0. The second kappa shape index (κ2) is 6.40. The Bertz CT molecular complexity index is 470. The van der Waals surface area contributed by atoms with Gasteiger partial charge in [0.2, 0.25) is 5.91 Å². The van der Waals surface area contributed by atoms with Crippen LogP contribution in [0.4, 0.5) is 5.69 Å². The van der Waals surface area contributed by atoms with Crippen LogP contribution in [0.3, 0.4) is 0 Å². The lowest BCUT2D eigenvalue weighted by atomic mass is 9.96. The fourth-order valence-corrected chi connectivity index (χ4v) is 2.85. The quantitative estimate of drug-likeness (QED) is 0.893. The standard InChI is InChI=1S/C17H26N2O/c1-5-13(4)14-8-6-7-9-16(14)19-11-10-15(17(19)20)18-12(2)3/h6-9,12-13,15,18H,5,10-11H2,1-4H3. The van der Waals surface area contributed by atoms with E-state index in [4.69, 9.17) is 0 Å². The molecule has 1 aromatic rings. The normalized spacial score (nSPS) is 20.8. The Hall–Kier alpha value is -1.35. The molecule has 0 bridgehead atoms. The van der Waals surface area contributed by atoms with Gasteiger partial charge in [0.15, 0.2) is 0 Å². The number of amides is 1. The largest absolute Gasteiger partial charge is 0.311 e. The van der Waals surface area contributed by atoms with Gasteiger partial charge in [-0.1, -0.05) is 45.9 Å². The first-order valence-electron chi connectivity index (χ1n) is 7.71. The van der Waals surface area contributed by atoms with Gasteiger partial charge in [0.05, 0.1) is 6.04 Å². The number of benzene rings is 1. The monoisotopic (exact) mass is 274 g/mol. The van der Waals surface area contributed by atoms with Gasteiger partial charge in [-0.15, -0.1) is 0 Å². The van der Waals surface area contributed by atoms with E-state index in [1.165, 1.54) is 5.56 Å². The molecular formula is C17H26N2O. The molecule has 3 heteroatoms. The topological polar surface area (TPSA) is 32.3 Å². The molecule has 0 aromatic heterocycles. The van der Waals surface area contributed by atoms with E-state index in [1.807, 2.05) is 11.0 Å². The van der Waals surface area contributed by atoms with Crippen molar-refractivity contribution in [3.63, 3.8) is 0 Å². The highest BCUT2D eigenvalue weighted by molar-refractivity contribution is 6.00. The van der Waals surface area contributed by atoms with E-state index in [-0.39, 0.29) is 11.9 Å². The zero-order valence-electron chi connectivity index (χ0n) is 13.0. The number of para-hydroxylation sites is 1. The Balaban J connectivity index is 2.23. The van der Waals surface area contributed by atoms with Crippen molar-refractivity contribution in [3.05, 3.63) is 29.8 Å². The zero-order chi connectivity index (χ0) is 14.7. The van der Waals surface area contributed by atoms with Crippen LogP contribution in [-0.4, -0.2) is 24.5 Å². The molecule has 1 aromatic carbocycles. The molecule has 0 aliphatic carbocycles. The molecule has 1 fully saturated rings. The van der Waals surface area contributed by atoms with E-state index < -0.39 is 0 Å². The molecule has 1 heterocycles. The van der Waals surface area contributed by atoms with E-state index >= 15 is 0 Å². The van der Waals surface area contributed by atoms with E-state index in [1.54, 1.807) is 0 Å². The van der Waals surface area contributed by atoms with Crippen molar-refractivity contribution in [2.45, 2.75) is 58.5 Å². The lowest BCUT2D eigenvalue weighted by molar-refractivity contribution is -0.118. The van der Waals surface area contributed by atoms with Crippen LogP contribution >= 0.6 is 0 Å². The second-order valence-electron chi connectivity index (χ2n) is 6.02. The predicted molar refractivity (Wildman–Crippen MR) is 84.2 cm³/mol. The summed E-state index contributed by atoms with van der Waals surface area (Å²) in [6, 6.07) is 8.64. The zero-order valence-corrected chi connectivity index (χ0v) is 13.0. The lowest BCUT2D eigenvalue weighted by Crippen LogP contribution is -2.41. The van der Waals surface area contributed by atoms with Gasteiger partial charge < -0.3 is 10.2 Å². The van der Waals surface area contributed by atoms with Crippen LogP contribution in [0.1, 0.15) is 52.0 Å². The molecule has 3 nitrogen and oxygen atoms in total. The third-order valence-electron chi connectivity index (χ3n) is 4.11. The highest BCUT2D eigenvalue weighted by Gasteiger charge is 2.33. The first-order valence-corrected chi connectivity index (χ1v) is 7.71. The summed E-state index contributed by atoms with van der Waals surface area (Å²) in [6.45, 7) is 9.41. The number of anilines is 1. The molecule has 1 saturated heterocycles. The van der Waals surface area contributed by atoms with Crippen molar-refractivity contribution in [1.82, 2.24) is 5.32 Å². The third kappa shape index (κ3) is 3.04. The molecule has 110 valence electrons. The lowest BCUT2D eigenvalue weighted by Gasteiger charge is -2.23. The highest BCUT2D eigenvalue weighted by atomic mass is 16.2. The van der Waals surface area contributed by atoms with Gasteiger partial charge in [0.1, 0.15) is 0 Å². The van der Waals surface area contributed by atoms with Crippen molar-refractivity contribution in [2.24, 2.45) is 0 Å². The number of nitrogens with zero attached hydrogens (tertiary/aromatic N) is 1. The van der Waals surface area contributed by atoms with Gasteiger partial charge in [0.25, 0.3) is 0 Å². The summed E-state index contributed by atoms with van der Waals surface area (Å²) in [7, 11) is 0. The maximum Gasteiger partial charge on any atom is 0.244 e. The second-order valence-corrected chi connectivity index (χ2v) is 6.02. The van der Waals surface area contributed by atoms with Crippen LogP contribution in [0.15, 0.2) is 24.3 Å². The Morgan fingerprint density at radius 1 is 1.30 bits per heavy atom. The van der Waals surface area contributed by atoms with Gasteiger partial charge in [-0.2, -0.15) is 0 Å². The van der Waals surface area contributed by atoms with E-state index in [2.05, 4.69) is 51.2 Å². The SMILES string of the molecule is CCC(C)c1ccccc1N1CCC(NC(C)C)C1=O. The van der Waals surface area contributed by atoms with Gasteiger partial charge >= 0.3 is 0 Å². The fourth-order valence-electron chi connectivity index (χ4n) is 2.85. The Labute approximate surface area is 122 Å². The molecule has 1 aliphatic rings.